The predicted molar refractivity (Wildman–Crippen MR) is 59.4 cm³/mol. The van der Waals surface area contributed by atoms with Crippen LogP contribution in [0.1, 0.15) is 39.0 Å². The summed E-state index contributed by atoms with van der Waals surface area (Å²) in [6.45, 7) is 4.76. The molecule has 0 aromatic carbocycles. The van der Waals surface area contributed by atoms with Gasteiger partial charge in [0.25, 0.3) is 0 Å². The minimum atomic E-state index is 0.313. The van der Waals surface area contributed by atoms with Crippen molar-refractivity contribution in [2.24, 2.45) is 0 Å². The second kappa shape index (κ2) is 7.21. The Balaban J connectivity index is 2.00. The molecule has 1 rings (SSSR count). The van der Waals surface area contributed by atoms with Crippen LogP contribution in [0.2, 0.25) is 0 Å². The van der Waals surface area contributed by atoms with E-state index in [1.807, 2.05) is 0 Å². The summed E-state index contributed by atoms with van der Waals surface area (Å²) in [6, 6.07) is 1.20. The molecule has 84 valence electrons. The Labute approximate surface area is 87.3 Å². The van der Waals surface area contributed by atoms with Crippen molar-refractivity contribution in [1.82, 2.24) is 10.6 Å². The summed E-state index contributed by atoms with van der Waals surface area (Å²) in [5.41, 5.74) is 0. The normalized spacial score (nSPS) is 24.9. The molecule has 0 aromatic heterocycles. The molecule has 1 aliphatic heterocycles. The average Bonchev–Trinajstić information content (AvgIpc) is 2.25. The Hall–Kier alpha value is -0.120. The average molecular weight is 200 g/mol. The van der Waals surface area contributed by atoms with Crippen molar-refractivity contribution in [3.8, 4) is 0 Å². The topological polar surface area (TPSA) is 44.3 Å². The van der Waals surface area contributed by atoms with Gasteiger partial charge in [-0.1, -0.05) is 6.42 Å². The number of nitrogens with one attached hydrogen (secondary N) is 2. The van der Waals surface area contributed by atoms with Gasteiger partial charge in [0.2, 0.25) is 0 Å². The van der Waals surface area contributed by atoms with Crippen LogP contribution in [-0.4, -0.2) is 36.9 Å². The zero-order valence-corrected chi connectivity index (χ0v) is 9.26. The van der Waals surface area contributed by atoms with Crippen LogP contribution in [0, 0.1) is 0 Å². The lowest BCUT2D eigenvalue weighted by atomic mass is 10.0. The monoisotopic (exact) mass is 200 g/mol. The third kappa shape index (κ3) is 4.94. The van der Waals surface area contributed by atoms with E-state index in [4.69, 9.17) is 5.11 Å². The molecule has 1 heterocycles. The van der Waals surface area contributed by atoms with Gasteiger partial charge >= 0.3 is 0 Å². The largest absolute Gasteiger partial charge is 0.396 e. The molecule has 0 spiro atoms. The molecule has 14 heavy (non-hydrogen) atoms. The highest BCUT2D eigenvalue weighted by molar-refractivity contribution is 4.75. The van der Waals surface area contributed by atoms with E-state index in [0.717, 1.165) is 19.4 Å². The lowest BCUT2D eigenvalue weighted by molar-refractivity contribution is 0.274. The first-order chi connectivity index (χ1) is 6.83. The minimum Gasteiger partial charge on any atom is -0.396 e. The summed E-state index contributed by atoms with van der Waals surface area (Å²) < 4.78 is 0. The predicted octanol–water partition coefficient (Wildman–Crippen LogP) is 0.879. The van der Waals surface area contributed by atoms with E-state index in [1.165, 1.54) is 25.8 Å². The standard InChI is InChI=1S/C11H24N2O/c1-10(5-4-8-14)13-9-11-6-2-3-7-12-11/h10-14H,2-9H2,1H3. The Bertz CT molecular complexity index is 135. The van der Waals surface area contributed by atoms with Gasteiger partial charge in [-0.2, -0.15) is 0 Å². The lowest BCUT2D eigenvalue weighted by Gasteiger charge is -2.25. The summed E-state index contributed by atoms with van der Waals surface area (Å²) in [6.07, 6.45) is 5.98. The SMILES string of the molecule is CC(CCCO)NCC1CCCCN1. The summed E-state index contributed by atoms with van der Waals surface area (Å²) >= 11 is 0. The Morgan fingerprint density at radius 3 is 3.00 bits per heavy atom. The second-order valence-electron chi connectivity index (χ2n) is 4.32. The molecule has 1 aliphatic rings. The quantitative estimate of drug-likeness (QED) is 0.596. The minimum absolute atomic E-state index is 0.313. The maximum atomic E-state index is 8.69. The third-order valence-electron chi connectivity index (χ3n) is 2.92. The molecule has 0 amide bonds. The summed E-state index contributed by atoms with van der Waals surface area (Å²) in [4.78, 5) is 0. The van der Waals surface area contributed by atoms with Gasteiger partial charge in [0, 0.05) is 25.2 Å². The molecular formula is C11H24N2O. The van der Waals surface area contributed by atoms with E-state index in [9.17, 15) is 0 Å². The number of hydrogen-bond donors (Lipinski definition) is 3. The zero-order chi connectivity index (χ0) is 10.2. The van der Waals surface area contributed by atoms with Gasteiger partial charge in [0.05, 0.1) is 0 Å². The van der Waals surface area contributed by atoms with Crippen LogP contribution in [-0.2, 0) is 0 Å². The summed E-state index contributed by atoms with van der Waals surface area (Å²) in [5, 5.41) is 15.7. The first kappa shape index (κ1) is 12.0. The van der Waals surface area contributed by atoms with Gasteiger partial charge < -0.3 is 15.7 Å². The van der Waals surface area contributed by atoms with Crippen LogP contribution in [0.15, 0.2) is 0 Å². The van der Waals surface area contributed by atoms with Crippen molar-refractivity contribution in [3.63, 3.8) is 0 Å². The first-order valence-electron chi connectivity index (χ1n) is 5.90. The van der Waals surface area contributed by atoms with E-state index in [-0.39, 0.29) is 0 Å². The van der Waals surface area contributed by atoms with Gasteiger partial charge in [-0.3, -0.25) is 0 Å². The van der Waals surface area contributed by atoms with Crippen molar-refractivity contribution in [1.29, 1.82) is 0 Å². The van der Waals surface area contributed by atoms with Gasteiger partial charge in [0.1, 0.15) is 0 Å². The fourth-order valence-corrected chi connectivity index (χ4v) is 1.94. The molecule has 0 aliphatic carbocycles. The number of hydrogen-bond acceptors (Lipinski definition) is 3. The second-order valence-corrected chi connectivity index (χ2v) is 4.32. The Morgan fingerprint density at radius 2 is 2.36 bits per heavy atom. The van der Waals surface area contributed by atoms with E-state index in [0.29, 0.717) is 18.7 Å². The molecule has 0 radical (unpaired) electrons. The molecule has 3 N–H and O–H groups in total. The molecular weight excluding hydrogens is 176 g/mol. The highest BCUT2D eigenvalue weighted by Crippen LogP contribution is 2.06. The van der Waals surface area contributed by atoms with E-state index in [2.05, 4.69) is 17.6 Å². The van der Waals surface area contributed by atoms with Gasteiger partial charge in [-0.15, -0.1) is 0 Å². The highest BCUT2D eigenvalue weighted by atomic mass is 16.2. The van der Waals surface area contributed by atoms with Crippen molar-refractivity contribution >= 4 is 0 Å². The molecule has 2 unspecified atom stereocenters. The number of aliphatic hydroxyl groups excluding tert-OH is 1. The fourth-order valence-electron chi connectivity index (χ4n) is 1.94. The fraction of sp³-hybridized carbons (Fsp3) is 1.00. The van der Waals surface area contributed by atoms with Crippen LogP contribution in [0.5, 0.6) is 0 Å². The molecule has 0 bridgehead atoms. The van der Waals surface area contributed by atoms with Crippen molar-refractivity contribution in [2.45, 2.75) is 51.1 Å². The van der Waals surface area contributed by atoms with Crippen LogP contribution in [0.25, 0.3) is 0 Å². The number of rotatable bonds is 6. The van der Waals surface area contributed by atoms with Crippen LogP contribution in [0.3, 0.4) is 0 Å². The van der Waals surface area contributed by atoms with Gasteiger partial charge in [0.15, 0.2) is 0 Å². The van der Waals surface area contributed by atoms with Crippen LogP contribution < -0.4 is 10.6 Å². The van der Waals surface area contributed by atoms with E-state index in [1.54, 1.807) is 0 Å². The molecule has 0 aromatic rings. The Morgan fingerprint density at radius 1 is 1.50 bits per heavy atom. The zero-order valence-electron chi connectivity index (χ0n) is 9.26. The maximum Gasteiger partial charge on any atom is 0.0431 e. The van der Waals surface area contributed by atoms with Crippen molar-refractivity contribution in [3.05, 3.63) is 0 Å². The first-order valence-corrected chi connectivity index (χ1v) is 5.90. The van der Waals surface area contributed by atoms with E-state index >= 15 is 0 Å². The number of aliphatic hydroxyl groups is 1. The molecule has 1 fully saturated rings. The van der Waals surface area contributed by atoms with E-state index < -0.39 is 0 Å². The maximum absolute atomic E-state index is 8.69. The lowest BCUT2D eigenvalue weighted by Crippen LogP contribution is -2.44. The third-order valence-corrected chi connectivity index (χ3v) is 2.92. The molecule has 0 saturated carbocycles. The van der Waals surface area contributed by atoms with Crippen LogP contribution >= 0.6 is 0 Å². The molecule has 2 atom stereocenters. The summed E-state index contributed by atoms with van der Waals surface area (Å²) in [7, 11) is 0. The van der Waals surface area contributed by atoms with Crippen LogP contribution in [0.4, 0.5) is 0 Å². The van der Waals surface area contributed by atoms with Gasteiger partial charge in [-0.05, 0) is 39.2 Å². The van der Waals surface area contributed by atoms with Gasteiger partial charge in [-0.25, -0.2) is 0 Å². The summed E-state index contributed by atoms with van der Waals surface area (Å²) in [5.74, 6) is 0. The van der Waals surface area contributed by atoms with Crippen molar-refractivity contribution in [2.75, 3.05) is 19.7 Å². The highest BCUT2D eigenvalue weighted by Gasteiger charge is 2.12. The Kier molecular flexibility index (Phi) is 6.15. The molecule has 3 heteroatoms. The molecule has 3 nitrogen and oxygen atoms in total. The molecule has 1 saturated heterocycles. The number of piperidine rings is 1. The van der Waals surface area contributed by atoms with Crippen molar-refractivity contribution < 1.29 is 5.11 Å². The smallest absolute Gasteiger partial charge is 0.0431 e.